The number of hydrogen-bond acceptors (Lipinski definition) is 4. The Morgan fingerprint density at radius 2 is 1.67 bits per heavy atom. The van der Waals surface area contributed by atoms with E-state index in [2.05, 4.69) is 10.0 Å². The molecule has 0 heterocycles. The number of carboxylic acids is 1. The van der Waals surface area contributed by atoms with Gasteiger partial charge in [-0.3, -0.25) is 4.79 Å². The zero-order valence-corrected chi connectivity index (χ0v) is 15.1. The van der Waals surface area contributed by atoms with E-state index in [4.69, 9.17) is 5.11 Å². The van der Waals surface area contributed by atoms with E-state index in [0.717, 1.165) is 0 Å². The van der Waals surface area contributed by atoms with Crippen molar-refractivity contribution in [3.63, 3.8) is 0 Å². The summed E-state index contributed by atoms with van der Waals surface area (Å²) < 4.78 is 26.8. The number of rotatable bonds is 8. The van der Waals surface area contributed by atoms with E-state index in [1.807, 2.05) is 6.92 Å². The third kappa shape index (κ3) is 5.31. The molecule has 1 unspecified atom stereocenters. The Kier molecular flexibility index (Phi) is 6.92. The highest BCUT2D eigenvalue weighted by atomic mass is 32.2. The first kappa shape index (κ1) is 20.1. The summed E-state index contributed by atoms with van der Waals surface area (Å²) in [4.78, 5) is 23.3. The fraction of sp³-hybridized carbons (Fsp3) is 0.500. The first-order valence-corrected chi connectivity index (χ1v) is 9.22. The van der Waals surface area contributed by atoms with Gasteiger partial charge in [-0.25, -0.2) is 17.9 Å². The van der Waals surface area contributed by atoms with E-state index in [-0.39, 0.29) is 22.4 Å². The standard InChI is InChI=1S/C16H24N2O5S/c1-5-11(4)18-24(22,23)13-8-6-12(7-9-13)15(19)17-14(10(2)3)16(20)21/h6-11,14,18H,5H2,1-4H3,(H,17,19)(H,20,21)/t11?,14-/m1/s1. The number of sulfonamides is 1. The summed E-state index contributed by atoms with van der Waals surface area (Å²) in [6.45, 7) is 7.01. The molecular weight excluding hydrogens is 332 g/mol. The monoisotopic (exact) mass is 356 g/mol. The van der Waals surface area contributed by atoms with Crippen LogP contribution in [-0.2, 0) is 14.8 Å². The maximum Gasteiger partial charge on any atom is 0.326 e. The van der Waals surface area contributed by atoms with Gasteiger partial charge in [-0.15, -0.1) is 0 Å². The molecule has 2 atom stereocenters. The first-order valence-electron chi connectivity index (χ1n) is 7.74. The topological polar surface area (TPSA) is 113 Å². The highest BCUT2D eigenvalue weighted by Gasteiger charge is 2.24. The number of carboxylic acid groups (broad SMARTS) is 1. The zero-order chi connectivity index (χ0) is 18.5. The minimum Gasteiger partial charge on any atom is -0.480 e. The van der Waals surface area contributed by atoms with Gasteiger partial charge in [0.25, 0.3) is 5.91 Å². The molecule has 8 heteroatoms. The SMILES string of the molecule is CCC(C)NS(=O)(=O)c1ccc(C(=O)N[C@@H](C(=O)O)C(C)C)cc1. The number of carbonyl (C=O) groups is 2. The second-order valence-corrected chi connectivity index (χ2v) is 7.70. The summed E-state index contributed by atoms with van der Waals surface area (Å²) in [6, 6.07) is 4.17. The number of carbonyl (C=O) groups excluding carboxylic acids is 1. The van der Waals surface area contributed by atoms with Crippen LogP contribution in [0.2, 0.25) is 0 Å². The Labute approximate surface area is 142 Å². The number of amides is 1. The quantitative estimate of drug-likeness (QED) is 0.655. The van der Waals surface area contributed by atoms with Crippen molar-refractivity contribution in [1.29, 1.82) is 0 Å². The molecule has 3 N–H and O–H groups in total. The van der Waals surface area contributed by atoms with Crippen molar-refractivity contribution in [3.8, 4) is 0 Å². The highest BCUT2D eigenvalue weighted by Crippen LogP contribution is 2.12. The number of benzene rings is 1. The molecule has 24 heavy (non-hydrogen) atoms. The molecule has 0 aliphatic rings. The molecule has 7 nitrogen and oxygen atoms in total. The van der Waals surface area contributed by atoms with E-state index in [1.165, 1.54) is 24.3 Å². The van der Waals surface area contributed by atoms with E-state index >= 15 is 0 Å². The Morgan fingerprint density at radius 1 is 1.12 bits per heavy atom. The van der Waals surface area contributed by atoms with Crippen molar-refractivity contribution in [1.82, 2.24) is 10.0 Å². The van der Waals surface area contributed by atoms with Gasteiger partial charge in [0.2, 0.25) is 10.0 Å². The molecule has 1 amide bonds. The van der Waals surface area contributed by atoms with Gasteiger partial charge in [0.1, 0.15) is 6.04 Å². The fourth-order valence-electron chi connectivity index (χ4n) is 1.94. The molecule has 1 rings (SSSR count). The van der Waals surface area contributed by atoms with Crippen LogP contribution in [0, 0.1) is 5.92 Å². The van der Waals surface area contributed by atoms with Crippen molar-refractivity contribution in [2.24, 2.45) is 5.92 Å². The van der Waals surface area contributed by atoms with Gasteiger partial charge in [-0.1, -0.05) is 20.8 Å². The van der Waals surface area contributed by atoms with Gasteiger partial charge in [0.05, 0.1) is 4.90 Å². The Balaban J connectivity index is 2.91. The van der Waals surface area contributed by atoms with Crippen LogP contribution in [0.5, 0.6) is 0 Å². The Bertz CT molecular complexity index is 683. The number of aliphatic carboxylic acids is 1. The lowest BCUT2D eigenvalue weighted by Gasteiger charge is -2.18. The van der Waals surface area contributed by atoms with Crippen molar-refractivity contribution in [3.05, 3.63) is 29.8 Å². The normalized spacial score (nSPS) is 14.2. The average Bonchev–Trinajstić information content (AvgIpc) is 2.51. The van der Waals surface area contributed by atoms with Crippen LogP contribution in [0.25, 0.3) is 0 Å². The first-order chi connectivity index (χ1) is 11.1. The van der Waals surface area contributed by atoms with Crippen LogP contribution in [0.1, 0.15) is 44.5 Å². The smallest absolute Gasteiger partial charge is 0.326 e. The molecule has 0 aliphatic carbocycles. The van der Waals surface area contributed by atoms with Gasteiger partial charge in [-0.2, -0.15) is 0 Å². The van der Waals surface area contributed by atoms with Crippen LogP contribution >= 0.6 is 0 Å². The summed E-state index contributed by atoms with van der Waals surface area (Å²) in [5, 5.41) is 11.5. The van der Waals surface area contributed by atoms with E-state index in [9.17, 15) is 18.0 Å². The molecule has 0 fully saturated rings. The maximum atomic E-state index is 12.1. The van der Waals surface area contributed by atoms with E-state index < -0.39 is 27.9 Å². The predicted octanol–water partition coefficient (Wildman–Crippen LogP) is 1.60. The predicted molar refractivity (Wildman–Crippen MR) is 90.2 cm³/mol. The Hall–Kier alpha value is -1.93. The largest absolute Gasteiger partial charge is 0.480 e. The lowest BCUT2D eigenvalue weighted by atomic mass is 10.0. The summed E-state index contributed by atoms with van der Waals surface area (Å²) in [5.41, 5.74) is 0.199. The zero-order valence-electron chi connectivity index (χ0n) is 14.2. The van der Waals surface area contributed by atoms with Crippen LogP contribution in [0.15, 0.2) is 29.2 Å². The molecule has 0 saturated carbocycles. The molecular formula is C16H24N2O5S. The summed E-state index contributed by atoms with van der Waals surface area (Å²) in [6.07, 6.45) is 0.658. The number of hydrogen-bond donors (Lipinski definition) is 3. The second-order valence-electron chi connectivity index (χ2n) is 5.99. The van der Waals surface area contributed by atoms with Crippen LogP contribution < -0.4 is 10.0 Å². The van der Waals surface area contributed by atoms with E-state index in [1.54, 1.807) is 20.8 Å². The summed E-state index contributed by atoms with van der Waals surface area (Å²) >= 11 is 0. The van der Waals surface area contributed by atoms with Crippen LogP contribution in [-0.4, -0.2) is 37.5 Å². The molecule has 0 aromatic heterocycles. The van der Waals surface area contributed by atoms with Gasteiger partial charge >= 0.3 is 5.97 Å². The minimum atomic E-state index is -3.64. The van der Waals surface area contributed by atoms with Gasteiger partial charge in [0.15, 0.2) is 0 Å². The van der Waals surface area contributed by atoms with Crippen molar-refractivity contribution >= 4 is 21.9 Å². The van der Waals surface area contributed by atoms with Crippen molar-refractivity contribution in [2.45, 2.75) is 51.1 Å². The van der Waals surface area contributed by atoms with Crippen molar-refractivity contribution < 1.29 is 23.1 Å². The minimum absolute atomic E-state index is 0.0537. The van der Waals surface area contributed by atoms with Crippen molar-refractivity contribution in [2.75, 3.05) is 0 Å². The van der Waals surface area contributed by atoms with Gasteiger partial charge < -0.3 is 10.4 Å². The maximum absolute atomic E-state index is 12.1. The van der Waals surface area contributed by atoms with Gasteiger partial charge in [-0.05, 0) is 43.5 Å². The van der Waals surface area contributed by atoms with Crippen LogP contribution in [0.4, 0.5) is 0 Å². The molecule has 0 saturated heterocycles. The highest BCUT2D eigenvalue weighted by molar-refractivity contribution is 7.89. The Morgan fingerprint density at radius 3 is 2.08 bits per heavy atom. The molecule has 0 spiro atoms. The lowest BCUT2D eigenvalue weighted by Crippen LogP contribution is -2.44. The third-order valence-corrected chi connectivity index (χ3v) is 5.22. The average molecular weight is 356 g/mol. The lowest BCUT2D eigenvalue weighted by molar-refractivity contribution is -0.140. The fourth-order valence-corrected chi connectivity index (χ4v) is 3.27. The summed E-state index contributed by atoms with van der Waals surface area (Å²) in [5.74, 6) is -1.95. The van der Waals surface area contributed by atoms with E-state index in [0.29, 0.717) is 6.42 Å². The molecule has 0 bridgehead atoms. The number of nitrogens with one attached hydrogen (secondary N) is 2. The molecule has 134 valence electrons. The second kappa shape index (κ2) is 8.25. The molecule has 1 aromatic rings. The third-order valence-electron chi connectivity index (χ3n) is 3.61. The molecule has 0 radical (unpaired) electrons. The van der Waals surface area contributed by atoms with Crippen LogP contribution in [0.3, 0.4) is 0 Å². The molecule has 1 aromatic carbocycles. The summed E-state index contributed by atoms with van der Waals surface area (Å²) in [7, 11) is -3.64. The van der Waals surface area contributed by atoms with Gasteiger partial charge in [0, 0.05) is 11.6 Å². The molecule has 0 aliphatic heterocycles.